The van der Waals surface area contributed by atoms with Crippen molar-refractivity contribution >= 4 is 11.9 Å². The van der Waals surface area contributed by atoms with Crippen LogP contribution in [0.4, 0.5) is 0 Å². The molecule has 0 aromatic heterocycles. The standard InChI is InChI=1S/C12H19NO5/c1-2-9-8(3-5-18-9)10(14)13-12(11(15)16)4-6-17-7-12/h8-9H,2-7H2,1H3,(H,13,14)(H,15,16). The number of ether oxygens (including phenoxy) is 2. The van der Waals surface area contributed by atoms with Crippen molar-refractivity contribution in [3.8, 4) is 0 Å². The Labute approximate surface area is 106 Å². The topological polar surface area (TPSA) is 84.9 Å². The molecule has 3 unspecified atom stereocenters. The smallest absolute Gasteiger partial charge is 0.331 e. The Kier molecular flexibility index (Phi) is 3.87. The molecule has 0 aliphatic carbocycles. The Morgan fingerprint density at radius 3 is 2.78 bits per heavy atom. The third-order valence-corrected chi connectivity index (χ3v) is 3.74. The molecule has 0 aromatic carbocycles. The normalized spacial score (nSPS) is 35.6. The highest BCUT2D eigenvalue weighted by Crippen LogP contribution is 2.26. The molecule has 0 saturated carbocycles. The Bertz CT molecular complexity index is 337. The van der Waals surface area contributed by atoms with Gasteiger partial charge in [-0.3, -0.25) is 4.79 Å². The van der Waals surface area contributed by atoms with Crippen molar-refractivity contribution in [3.05, 3.63) is 0 Å². The number of hydrogen-bond donors (Lipinski definition) is 2. The van der Waals surface area contributed by atoms with E-state index in [1.807, 2.05) is 6.92 Å². The zero-order valence-corrected chi connectivity index (χ0v) is 10.5. The highest BCUT2D eigenvalue weighted by molar-refractivity contribution is 5.88. The lowest BCUT2D eigenvalue weighted by Gasteiger charge is -2.26. The summed E-state index contributed by atoms with van der Waals surface area (Å²) in [5, 5.41) is 11.9. The van der Waals surface area contributed by atoms with E-state index in [1.54, 1.807) is 0 Å². The Hall–Kier alpha value is -1.14. The molecule has 2 aliphatic heterocycles. The summed E-state index contributed by atoms with van der Waals surface area (Å²) in [6, 6.07) is 0. The van der Waals surface area contributed by atoms with Crippen LogP contribution in [0.15, 0.2) is 0 Å². The van der Waals surface area contributed by atoms with E-state index in [9.17, 15) is 14.7 Å². The highest BCUT2D eigenvalue weighted by Gasteiger charge is 2.46. The number of nitrogens with one attached hydrogen (secondary N) is 1. The number of amides is 1. The summed E-state index contributed by atoms with van der Waals surface area (Å²) in [5.41, 5.74) is -1.25. The molecule has 0 spiro atoms. The van der Waals surface area contributed by atoms with Crippen molar-refractivity contribution in [3.63, 3.8) is 0 Å². The van der Waals surface area contributed by atoms with Crippen LogP contribution in [0.5, 0.6) is 0 Å². The van der Waals surface area contributed by atoms with E-state index in [-0.39, 0.29) is 24.5 Å². The number of carbonyl (C=O) groups excluding carboxylic acids is 1. The molecule has 2 N–H and O–H groups in total. The van der Waals surface area contributed by atoms with Gasteiger partial charge in [-0.25, -0.2) is 4.79 Å². The Morgan fingerprint density at radius 1 is 1.44 bits per heavy atom. The molecule has 18 heavy (non-hydrogen) atoms. The monoisotopic (exact) mass is 257 g/mol. The molecule has 2 fully saturated rings. The molecular weight excluding hydrogens is 238 g/mol. The van der Waals surface area contributed by atoms with Gasteiger partial charge >= 0.3 is 5.97 Å². The van der Waals surface area contributed by atoms with Crippen LogP contribution in [0.1, 0.15) is 26.2 Å². The molecule has 6 nitrogen and oxygen atoms in total. The fourth-order valence-corrected chi connectivity index (χ4v) is 2.56. The minimum Gasteiger partial charge on any atom is -0.479 e. The van der Waals surface area contributed by atoms with E-state index in [4.69, 9.17) is 9.47 Å². The van der Waals surface area contributed by atoms with Gasteiger partial charge in [-0.15, -0.1) is 0 Å². The lowest BCUT2D eigenvalue weighted by Crippen LogP contribution is -2.57. The molecule has 0 bridgehead atoms. The molecule has 102 valence electrons. The van der Waals surface area contributed by atoms with Crippen molar-refractivity contribution in [2.24, 2.45) is 5.92 Å². The minimum atomic E-state index is -1.25. The second kappa shape index (κ2) is 5.24. The van der Waals surface area contributed by atoms with Crippen LogP contribution in [-0.4, -0.2) is 48.4 Å². The average molecular weight is 257 g/mol. The van der Waals surface area contributed by atoms with Crippen LogP contribution in [0.3, 0.4) is 0 Å². The van der Waals surface area contributed by atoms with E-state index in [2.05, 4.69) is 5.32 Å². The first kappa shape index (κ1) is 13.3. The predicted octanol–water partition coefficient (Wildman–Crippen LogP) is 0.161. The van der Waals surface area contributed by atoms with Crippen molar-refractivity contribution in [2.45, 2.75) is 37.8 Å². The van der Waals surface area contributed by atoms with Gasteiger partial charge in [-0.05, 0) is 12.8 Å². The van der Waals surface area contributed by atoms with E-state index < -0.39 is 11.5 Å². The van der Waals surface area contributed by atoms with E-state index in [0.717, 1.165) is 6.42 Å². The van der Waals surface area contributed by atoms with Crippen LogP contribution < -0.4 is 5.32 Å². The van der Waals surface area contributed by atoms with Gasteiger partial charge < -0.3 is 19.9 Å². The largest absolute Gasteiger partial charge is 0.479 e. The number of carboxylic acid groups (broad SMARTS) is 1. The van der Waals surface area contributed by atoms with Crippen LogP contribution in [0.2, 0.25) is 0 Å². The van der Waals surface area contributed by atoms with Crippen LogP contribution in [-0.2, 0) is 19.1 Å². The van der Waals surface area contributed by atoms with Gasteiger partial charge in [0, 0.05) is 19.6 Å². The highest BCUT2D eigenvalue weighted by atomic mass is 16.5. The van der Waals surface area contributed by atoms with Crippen molar-refractivity contribution in [1.82, 2.24) is 5.32 Å². The van der Waals surface area contributed by atoms with Gasteiger partial charge in [-0.1, -0.05) is 6.92 Å². The third kappa shape index (κ3) is 2.35. The van der Waals surface area contributed by atoms with E-state index in [0.29, 0.717) is 26.1 Å². The summed E-state index contributed by atoms with van der Waals surface area (Å²) in [6.45, 7) is 2.93. The summed E-state index contributed by atoms with van der Waals surface area (Å²) in [6.07, 6.45) is 1.63. The first-order valence-corrected chi connectivity index (χ1v) is 6.34. The zero-order valence-electron chi connectivity index (χ0n) is 10.5. The summed E-state index contributed by atoms with van der Waals surface area (Å²) in [5.74, 6) is -1.50. The molecule has 2 heterocycles. The van der Waals surface area contributed by atoms with Gasteiger partial charge in [0.1, 0.15) is 0 Å². The maximum atomic E-state index is 12.2. The molecule has 6 heteroatoms. The molecule has 2 aliphatic rings. The quantitative estimate of drug-likeness (QED) is 0.749. The fourth-order valence-electron chi connectivity index (χ4n) is 2.56. The molecular formula is C12H19NO5. The maximum absolute atomic E-state index is 12.2. The molecule has 0 aromatic rings. The van der Waals surface area contributed by atoms with Crippen molar-refractivity contribution in [1.29, 1.82) is 0 Å². The summed E-state index contributed by atoms with van der Waals surface area (Å²) < 4.78 is 10.6. The fraction of sp³-hybridized carbons (Fsp3) is 0.833. The van der Waals surface area contributed by atoms with Crippen LogP contribution in [0.25, 0.3) is 0 Å². The molecule has 2 saturated heterocycles. The average Bonchev–Trinajstić information content (AvgIpc) is 2.97. The maximum Gasteiger partial charge on any atom is 0.331 e. The number of carboxylic acids is 1. The molecule has 3 atom stereocenters. The molecule has 1 amide bonds. The van der Waals surface area contributed by atoms with Gasteiger partial charge in [0.15, 0.2) is 5.54 Å². The zero-order chi connectivity index (χ0) is 13.2. The summed E-state index contributed by atoms with van der Waals surface area (Å²) in [4.78, 5) is 23.5. The first-order chi connectivity index (χ1) is 8.59. The Balaban J connectivity index is 2.03. The van der Waals surface area contributed by atoms with Crippen molar-refractivity contribution in [2.75, 3.05) is 19.8 Å². The Morgan fingerprint density at radius 2 is 2.22 bits per heavy atom. The SMILES string of the molecule is CCC1OCCC1C(=O)NC1(C(=O)O)CCOC1. The molecule has 0 radical (unpaired) electrons. The second-order valence-electron chi connectivity index (χ2n) is 4.89. The summed E-state index contributed by atoms with van der Waals surface area (Å²) >= 11 is 0. The number of hydrogen-bond acceptors (Lipinski definition) is 4. The predicted molar refractivity (Wildman–Crippen MR) is 62.1 cm³/mol. The first-order valence-electron chi connectivity index (χ1n) is 6.34. The van der Waals surface area contributed by atoms with Gasteiger partial charge in [-0.2, -0.15) is 0 Å². The lowest BCUT2D eigenvalue weighted by molar-refractivity contribution is -0.148. The molecule has 2 rings (SSSR count). The third-order valence-electron chi connectivity index (χ3n) is 3.74. The van der Waals surface area contributed by atoms with Gasteiger partial charge in [0.05, 0.1) is 18.6 Å². The van der Waals surface area contributed by atoms with Crippen LogP contribution >= 0.6 is 0 Å². The number of rotatable bonds is 4. The second-order valence-corrected chi connectivity index (χ2v) is 4.89. The number of carbonyl (C=O) groups is 2. The summed E-state index contributed by atoms with van der Waals surface area (Å²) in [7, 11) is 0. The van der Waals surface area contributed by atoms with Gasteiger partial charge in [0.25, 0.3) is 0 Å². The van der Waals surface area contributed by atoms with Crippen molar-refractivity contribution < 1.29 is 24.2 Å². The lowest BCUT2D eigenvalue weighted by atomic mass is 9.94. The number of aliphatic carboxylic acids is 1. The van der Waals surface area contributed by atoms with E-state index in [1.165, 1.54) is 0 Å². The van der Waals surface area contributed by atoms with Gasteiger partial charge in [0.2, 0.25) is 5.91 Å². The minimum absolute atomic E-state index is 0.0401. The van der Waals surface area contributed by atoms with E-state index >= 15 is 0 Å². The van der Waals surface area contributed by atoms with Crippen LogP contribution in [0, 0.1) is 5.92 Å².